The van der Waals surface area contributed by atoms with Crippen molar-refractivity contribution in [1.82, 2.24) is 34.1 Å². The highest BCUT2D eigenvalue weighted by Crippen LogP contribution is 2.56. The topological polar surface area (TPSA) is 269 Å². The van der Waals surface area contributed by atoms with Crippen LogP contribution in [0.4, 0.5) is 10.2 Å². The number of nitrogens with one attached hydrogen (secondary N) is 1. The van der Waals surface area contributed by atoms with Crippen molar-refractivity contribution >= 4 is 60.3 Å². The second-order valence-corrected chi connectivity index (χ2v) is 30.2. The molecular weight excluding hydrogens is 854 g/mol. The van der Waals surface area contributed by atoms with Gasteiger partial charge < -0.3 is 43.4 Å². The first-order valence-electron chi connectivity index (χ1n) is 18.8. The van der Waals surface area contributed by atoms with E-state index in [1.807, 2.05) is 67.7 Å². The summed E-state index contributed by atoms with van der Waals surface area (Å²) in [6.45, 7) is 18.2. The maximum absolute atomic E-state index is 15.4. The molecule has 3 aliphatic rings. The number of ether oxygens (including phenoxy) is 2. The molecule has 0 aromatic carbocycles. The average molecular weight is 905 g/mol. The molecule has 0 saturated carbocycles. The van der Waals surface area contributed by atoms with Gasteiger partial charge in [0.25, 0.3) is 5.56 Å². The van der Waals surface area contributed by atoms with Crippen molar-refractivity contribution in [3.8, 4) is 0 Å². The van der Waals surface area contributed by atoms with Crippen LogP contribution in [0.15, 0.2) is 30.0 Å². The fourth-order valence-corrected chi connectivity index (χ4v) is 11.2. The molecule has 3 aliphatic heterocycles. The third-order valence-electron chi connectivity index (χ3n) is 11.9. The van der Waals surface area contributed by atoms with Crippen LogP contribution in [0.1, 0.15) is 54.0 Å². The van der Waals surface area contributed by atoms with E-state index in [-0.39, 0.29) is 27.7 Å². The van der Waals surface area contributed by atoms with Gasteiger partial charge in [-0.05, 0) is 36.3 Å². The number of halogens is 1. The third kappa shape index (κ3) is 8.42. The molecule has 5 N–H and O–H groups in total. The number of aromatic amines is 1. The second-order valence-electron chi connectivity index (χ2n) is 17.9. The van der Waals surface area contributed by atoms with Gasteiger partial charge in [-0.3, -0.25) is 27.5 Å². The van der Waals surface area contributed by atoms with Gasteiger partial charge in [-0.25, -0.2) is 33.5 Å². The van der Waals surface area contributed by atoms with Gasteiger partial charge in [0.2, 0.25) is 0 Å². The normalized spacial score (nSPS) is 32.8. The van der Waals surface area contributed by atoms with Gasteiger partial charge >= 0.3 is 15.6 Å². The molecule has 3 fully saturated rings. The SMILES string of the molecule is CC(C)(C)[Si](C)(C)OC1[C@H]2OP(=O)(O)OC[C@H]3O[C@@H](n4cnc5c(N)ncnc54)C(O[Si](C)(C)C(C)(C)C)[C@@H]3OP(=O)(O)OC[C@H]1O[C@H]2n1cc(F)c2c(=O)[nH]cnc21. The van der Waals surface area contributed by atoms with Crippen LogP contribution in [0.25, 0.3) is 22.2 Å². The highest BCUT2D eigenvalue weighted by Gasteiger charge is 2.58. The van der Waals surface area contributed by atoms with Gasteiger partial charge in [-0.1, -0.05) is 41.5 Å². The van der Waals surface area contributed by atoms with E-state index in [9.17, 15) is 23.7 Å². The highest BCUT2D eigenvalue weighted by molar-refractivity contribution is 7.47. The van der Waals surface area contributed by atoms with E-state index in [2.05, 4.69) is 24.9 Å². The molecule has 0 spiro atoms. The fraction of sp³-hybridized carbons (Fsp3) is 0.667. The maximum Gasteiger partial charge on any atom is 0.472 e. The number of imidazole rings is 1. The molecule has 4 unspecified atom stereocenters. The number of hydrogen-bond acceptors (Lipinski definition) is 16. The number of phosphoric acid groups is 2. The number of H-pyrrole nitrogens is 1. The number of nitrogens with zero attached hydrogens (tertiary/aromatic N) is 6. The van der Waals surface area contributed by atoms with Crippen molar-refractivity contribution < 1.29 is 59.7 Å². The summed E-state index contributed by atoms with van der Waals surface area (Å²) in [5.41, 5.74) is 5.62. The van der Waals surface area contributed by atoms with Gasteiger partial charge in [-0.2, -0.15) is 0 Å². The Morgan fingerprint density at radius 1 is 0.831 bits per heavy atom. The van der Waals surface area contributed by atoms with Crippen LogP contribution in [0.2, 0.25) is 36.3 Å². The summed E-state index contributed by atoms with van der Waals surface area (Å²) in [7, 11) is -15.9. The monoisotopic (exact) mass is 904 g/mol. The molecule has 4 aromatic heterocycles. The van der Waals surface area contributed by atoms with Crippen LogP contribution >= 0.6 is 15.6 Å². The minimum Gasteiger partial charge on any atom is -0.408 e. The molecule has 7 heterocycles. The van der Waals surface area contributed by atoms with Crippen LogP contribution in [-0.4, -0.2) is 110 Å². The van der Waals surface area contributed by atoms with Crippen molar-refractivity contribution in [3.05, 3.63) is 41.3 Å². The predicted molar refractivity (Wildman–Crippen MR) is 213 cm³/mol. The molecule has 3 saturated heterocycles. The molecule has 59 heavy (non-hydrogen) atoms. The summed E-state index contributed by atoms with van der Waals surface area (Å²) in [6.07, 6.45) is -6.22. The molecule has 2 bridgehead atoms. The van der Waals surface area contributed by atoms with Gasteiger partial charge in [0, 0.05) is 6.20 Å². The highest BCUT2D eigenvalue weighted by atomic mass is 31.2. The Labute approximate surface area is 340 Å². The lowest BCUT2D eigenvalue weighted by Crippen LogP contribution is -2.50. The number of phosphoric ester groups is 2. The Balaban J connectivity index is 1.31. The van der Waals surface area contributed by atoms with Crippen LogP contribution in [0.3, 0.4) is 0 Å². The van der Waals surface area contributed by atoms with E-state index < -0.39 is 116 Å². The lowest BCUT2D eigenvalue weighted by Gasteiger charge is -2.40. The summed E-state index contributed by atoms with van der Waals surface area (Å²) in [4.78, 5) is 54.8. The lowest BCUT2D eigenvalue weighted by molar-refractivity contribution is -0.0671. The number of aromatic nitrogens is 7. The van der Waals surface area contributed by atoms with Gasteiger partial charge in [0.1, 0.15) is 53.9 Å². The zero-order valence-electron chi connectivity index (χ0n) is 34.3. The minimum atomic E-state index is -5.19. The Hall–Kier alpha value is -2.81. The van der Waals surface area contributed by atoms with Crippen molar-refractivity contribution in [2.45, 2.75) is 127 Å². The molecule has 4 aromatic rings. The Morgan fingerprint density at radius 2 is 1.41 bits per heavy atom. The summed E-state index contributed by atoms with van der Waals surface area (Å²) < 4.78 is 96.0. The van der Waals surface area contributed by atoms with E-state index in [1.165, 1.54) is 17.2 Å². The lowest BCUT2D eigenvalue weighted by atomic mass is 10.1. The Morgan fingerprint density at radius 3 is 2.03 bits per heavy atom. The standard InChI is InChI=1S/C33H51FN8O13P2Si2/c1-32(2,3)58(7,8)54-23-19-13-49-56(44,45)52-22-18(12-48-57(46,47)53-24(23)30(51-19)41-11-17(34)20-27(41)37-15-39-29(20)43)50-31(25(22)55-59(9,10)33(4,5)6)42-16-40-21-26(35)36-14-38-28(21)42/h11,14-16,18-19,22-25,30-31H,12-13H2,1-10H3,(H,44,45)(H,46,47)(H2,35,36,38)(H,37,39,43)/t18-,19-,22-,23?,24-,25?,30-,31-/m1/s1. The van der Waals surface area contributed by atoms with Gasteiger partial charge in [0.15, 0.2) is 52.0 Å². The molecule has 0 radical (unpaired) electrons. The van der Waals surface area contributed by atoms with Crippen molar-refractivity contribution in [3.63, 3.8) is 0 Å². The van der Waals surface area contributed by atoms with E-state index in [4.69, 9.17) is 42.2 Å². The zero-order chi connectivity index (χ0) is 43.2. The predicted octanol–water partition coefficient (Wildman–Crippen LogP) is 4.88. The van der Waals surface area contributed by atoms with Crippen molar-refractivity contribution in [1.29, 1.82) is 0 Å². The van der Waals surface area contributed by atoms with Gasteiger partial charge in [0.05, 0.1) is 25.9 Å². The molecule has 7 rings (SSSR count). The molecule has 326 valence electrons. The number of rotatable bonds is 6. The van der Waals surface area contributed by atoms with E-state index in [0.717, 1.165) is 17.1 Å². The molecular formula is C33H51FN8O13P2Si2. The summed E-state index contributed by atoms with van der Waals surface area (Å²) in [5, 5.41) is -1.21. The quantitative estimate of drug-likeness (QED) is 0.148. The molecule has 10 atom stereocenters. The number of hydrogen-bond donors (Lipinski definition) is 4. The van der Waals surface area contributed by atoms with Gasteiger partial charge in [-0.15, -0.1) is 0 Å². The summed E-state index contributed by atoms with van der Waals surface area (Å²) >= 11 is 0. The molecule has 0 aliphatic carbocycles. The third-order valence-corrected chi connectivity index (χ3v) is 22.8. The maximum atomic E-state index is 15.4. The number of nitrogen functional groups attached to an aromatic ring is 1. The first-order chi connectivity index (χ1) is 27.2. The van der Waals surface area contributed by atoms with Crippen molar-refractivity contribution in [2.75, 3.05) is 18.9 Å². The van der Waals surface area contributed by atoms with Crippen LogP contribution in [0.5, 0.6) is 0 Å². The fourth-order valence-electron chi connectivity index (χ4n) is 6.68. The summed E-state index contributed by atoms with van der Waals surface area (Å²) in [5.74, 6) is -0.871. The summed E-state index contributed by atoms with van der Waals surface area (Å²) in [6, 6.07) is 0. The first kappa shape index (κ1) is 44.3. The van der Waals surface area contributed by atoms with Crippen LogP contribution < -0.4 is 11.3 Å². The Bertz CT molecular complexity index is 2390. The van der Waals surface area contributed by atoms with E-state index in [1.54, 1.807) is 0 Å². The molecule has 26 heteroatoms. The van der Waals surface area contributed by atoms with Crippen molar-refractivity contribution in [2.24, 2.45) is 0 Å². The number of anilines is 1. The largest absolute Gasteiger partial charge is 0.472 e. The average Bonchev–Trinajstić information content (AvgIpc) is 3.85. The smallest absolute Gasteiger partial charge is 0.408 e. The second kappa shape index (κ2) is 15.2. The van der Waals surface area contributed by atoms with Crippen LogP contribution in [0, 0.1) is 5.82 Å². The Kier molecular flexibility index (Phi) is 11.4. The van der Waals surface area contributed by atoms with E-state index >= 15 is 4.39 Å². The van der Waals surface area contributed by atoms with Crippen LogP contribution in [-0.2, 0) is 45.6 Å². The minimum absolute atomic E-state index is 0.0894. The first-order valence-corrected chi connectivity index (χ1v) is 27.7. The molecule has 21 nitrogen and oxygen atoms in total. The number of fused-ring (bicyclic) bond motifs is 5. The number of nitrogens with two attached hydrogens (primary N) is 1. The molecule has 0 amide bonds. The van der Waals surface area contributed by atoms with E-state index in [0.29, 0.717) is 0 Å². The zero-order valence-corrected chi connectivity index (χ0v) is 38.0.